The fraction of sp³-hybridized carbons (Fsp3) is 0.462. The van der Waals surface area contributed by atoms with Gasteiger partial charge in [0, 0.05) is 32.4 Å². The molecule has 1 atom stereocenters. The Morgan fingerprint density at radius 2 is 2.32 bits per heavy atom. The highest BCUT2D eigenvalue weighted by Gasteiger charge is 2.11. The van der Waals surface area contributed by atoms with Crippen LogP contribution in [0, 0.1) is 11.7 Å². The van der Waals surface area contributed by atoms with Crippen molar-refractivity contribution in [1.29, 1.82) is 0 Å². The van der Waals surface area contributed by atoms with E-state index in [2.05, 4.69) is 10.5 Å². The lowest BCUT2D eigenvalue weighted by molar-refractivity contribution is 0.158. The molecule has 0 spiro atoms. The number of methoxy groups -OCH3 is 1. The van der Waals surface area contributed by atoms with Gasteiger partial charge in [0.2, 0.25) is 0 Å². The summed E-state index contributed by atoms with van der Waals surface area (Å²) < 4.78 is 19.1. The Morgan fingerprint density at radius 3 is 2.95 bits per heavy atom. The van der Waals surface area contributed by atoms with E-state index in [-0.39, 0.29) is 11.4 Å². The number of nitrogens with two attached hydrogens (primary N) is 1. The van der Waals surface area contributed by atoms with E-state index in [0.29, 0.717) is 24.6 Å². The number of amidine groups is 1. The summed E-state index contributed by atoms with van der Waals surface area (Å²) in [6.07, 6.45) is 0. The van der Waals surface area contributed by atoms with Crippen molar-refractivity contribution in [3.63, 3.8) is 0 Å². The minimum absolute atomic E-state index is 0.103. The Labute approximate surface area is 112 Å². The molecule has 0 heterocycles. The van der Waals surface area contributed by atoms with Crippen molar-refractivity contribution in [3.8, 4) is 0 Å². The van der Waals surface area contributed by atoms with Crippen LogP contribution in [0.5, 0.6) is 0 Å². The van der Waals surface area contributed by atoms with E-state index in [4.69, 9.17) is 15.7 Å². The molecule has 0 aromatic heterocycles. The number of ether oxygens (including phenoxy) is 1. The summed E-state index contributed by atoms with van der Waals surface area (Å²) in [6.45, 7) is 3.80. The van der Waals surface area contributed by atoms with Crippen LogP contribution >= 0.6 is 0 Å². The van der Waals surface area contributed by atoms with Crippen LogP contribution in [0.4, 0.5) is 4.39 Å². The molecule has 0 radical (unpaired) electrons. The third kappa shape index (κ3) is 4.50. The van der Waals surface area contributed by atoms with Crippen LogP contribution in [-0.2, 0) is 11.3 Å². The summed E-state index contributed by atoms with van der Waals surface area (Å²) in [5.41, 5.74) is 5.99. The molecule has 1 rings (SSSR count). The van der Waals surface area contributed by atoms with Crippen molar-refractivity contribution in [2.24, 2.45) is 16.8 Å². The predicted molar refractivity (Wildman–Crippen MR) is 71.7 cm³/mol. The van der Waals surface area contributed by atoms with Gasteiger partial charge in [-0.05, 0) is 12.0 Å². The minimum atomic E-state index is -0.468. The molecule has 5 nitrogen and oxygen atoms in total. The van der Waals surface area contributed by atoms with E-state index >= 15 is 0 Å². The fourth-order valence-corrected chi connectivity index (χ4v) is 1.76. The molecule has 0 saturated carbocycles. The van der Waals surface area contributed by atoms with Gasteiger partial charge in [-0.3, -0.25) is 0 Å². The molecule has 0 bridgehead atoms. The van der Waals surface area contributed by atoms with Gasteiger partial charge in [-0.25, -0.2) is 4.39 Å². The summed E-state index contributed by atoms with van der Waals surface area (Å²) in [7, 11) is 1.65. The Morgan fingerprint density at radius 1 is 1.58 bits per heavy atom. The van der Waals surface area contributed by atoms with Gasteiger partial charge in [-0.15, -0.1) is 0 Å². The number of halogens is 1. The van der Waals surface area contributed by atoms with Crippen LogP contribution in [0.25, 0.3) is 0 Å². The van der Waals surface area contributed by atoms with Crippen LogP contribution in [0.1, 0.15) is 18.1 Å². The van der Waals surface area contributed by atoms with Crippen LogP contribution in [0.15, 0.2) is 23.4 Å². The number of rotatable bonds is 7. The summed E-state index contributed by atoms with van der Waals surface area (Å²) in [5, 5.41) is 14.5. The van der Waals surface area contributed by atoms with Gasteiger partial charge < -0.3 is 21.0 Å². The Kier molecular flexibility index (Phi) is 6.24. The van der Waals surface area contributed by atoms with Crippen molar-refractivity contribution in [2.75, 3.05) is 20.3 Å². The number of nitrogens with one attached hydrogen (secondary N) is 1. The average molecular weight is 269 g/mol. The molecule has 4 N–H and O–H groups in total. The molecule has 1 aromatic rings. The summed E-state index contributed by atoms with van der Waals surface area (Å²) in [6, 6.07) is 4.81. The molecule has 0 aliphatic carbocycles. The maximum Gasteiger partial charge on any atom is 0.173 e. The van der Waals surface area contributed by atoms with Gasteiger partial charge >= 0.3 is 0 Å². The number of benzene rings is 1. The van der Waals surface area contributed by atoms with E-state index in [1.165, 1.54) is 6.07 Å². The smallest absolute Gasteiger partial charge is 0.173 e. The van der Waals surface area contributed by atoms with Gasteiger partial charge in [-0.1, -0.05) is 24.2 Å². The van der Waals surface area contributed by atoms with E-state index in [0.717, 1.165) is 6.54 Å². The van der Waals surface area contributed by atoms with Crippen molar-refractivity contribution in [1.82, 2.24) is 5.32 Å². The monoisotopic (exact) mass is 269 g/mol. The SMILES string of the molecule is COCC(C)CNCc1cccc(/C(N)=N/O)c1F. The second kappa shape index (κ2) is 7.70. The first-order valence-corrected chi connectivity index (χ1v) is 6.05. The van der Waals surface area contributed by atoms with Crippen molar-refractivity contribution >= 4 is 5.84 Å². The molecule has 0 aliphatic heterocycles. The zero-order valence-electron chi connectivity index (χ0n) is 11.2. The average Bonchev–Trinajstić information content (AvgIpc) is 2.40. The second-order valence-corrected chi connectivity index (χ2v) is 4.46. The van der Waals surface area contributed by atoms with Crippen LogP contribution in [-0.4, -0.2) is 31.3 Å². The summed E-state index contributed by atoms with van der Waals surface area (Å²) in [5.74, 6) is -0.350. The zero-order valence-corrected chi connectivity index (χ0v) is 11.2. The maximum atomic E-state index is 14.0. The highest BCUT2D eigenvalue weighted by Crippen LogP contribution is 2.12. The van der Waals surface area contributed by atoms with Crippen LogP contribution in [0.3, 0.4) is 0 Å². The number of hydrogen-bond donors (Lipinski definition) is 3. The lowest BCUT2D eigenvalue weighted by Crippen LogP contribution is -2.24. The lowest BCUT2D eigenvalue weighted by Gasteiger charge is -2.12. The molecule has 1 aromatic carbocycles. The molecule has 0 fully saturated rings. The fourth-order valence-electron chi connectivity index (χ4n) is 1.76. The molecule has 0 saturated heterocycles. The van der Waals surface area contributed by atoms with Crippen molar-refractivity contribution in [3.05, 3.63) is 35.1 Å². The number of oxime groups is 1. The van der Waals surface area contributed by atoms with Gasteiger partial charge in [0.15, 0.2) is 5.84 Å². The van der Waals surface area contributed by atoms with Gasteiger partial charge in [0.05, 0.1) is 5.56 Å². The predicted octanol–water partition coefficient (Wildman–Crippen LogP) is 1.29. The number of nitrogens with zero attached hydrogens (tertiary/aromatic N) is 1. The van der Waals surface area contributed by atoms with Crippen molar-refractivity contribution in [2.45, 2.75) is 13.5 Å². The van der Waals surface area contributed by atoms with Crippen LogP contribution < -0.4 is 11.1 Å². The maximum absolute atomic E-state index is 14.0. The third-order valence-corrected chi connectivity index (χ3v) is 2.72. The molecular weight excluding hydrogens is 249 g/mol. The molecule has 19 heavy (non-hydrogen) atoms. The van der Waals surface area contributed by atoms with E-state index in [9.17, 15) is 4.39 Å². The van der Waals surface area contributed by atoms with Gasteiger partial charge in [0.25, 0.3) is 0 Å². The molecule has 1 unspecified atom stereocenters. The van der Waals surface area contributed by atoms with Gasteiger partial charge in [0.1, 0.15) is 5.82 Å². The molecule has 0 aliphatic rings. The van der Waals surface area contributed by atoms with Gasteiger partial charge in [-0.2, -0.15) is 0 Å². The Hall–Kier alpha value is -1.66. The standard InChI is InChI=1S/C13H20FN3O2/c1-9(8-19-2)6-16-7-10-4-3-5-11(12(10)14)13(15)17-18/h3-5,9,16,18H,6-8H2,1-2H3,(H2,15,17). The van der Waals surface area contributed by atoms with Crippen LogP contribution in [0.2, 0.25) is 0 Å². The largest absolute Gasteiger partial charge is 0.409 e. The molecule has 6 heteroatoms. The molecular formula is C13H20FN3O2. The van der Waals surface area contributed by atoms with E-state index in [1.54, 1.807) is 19.2 Å². The second-order valence-electron chi connectivity index (χ2n) is 4.46. The first kappa shape index (κ1) is 15.4. The molecule has 0 amide bonds. The minimum Gasteiger partial charge on any atom is -0.409 e. The highest BCUT2D eigenvalue weighted by atomic mass is 19.1. The Bertz CT molecular complexity index is 438. The lowest BCUT2D eigenvalue weighted by atomic mass is 10.1. The summed E-state index contributed by atoms with van der Waals surface area (Å²) in [4.78, 5) is 0. The normalized spacial score (nSPS) is 13.5. The topological polar surface area (TPSA) is 79.9 Å². The van der Waals surface area contributed by atoms with E-state index < -0.39 is 5.82 Å². The third-order valence-electron chi connectivity index (χ3n) is 2.72. The number of hydrogen-bond acceptors (Lipinski definition) is 4. The van der Waals surface area contributed by atoms with E-state index in [1.807, 2.05) is 6.92 Å². The first-order chi connectivity index (χ1) is 9.10. The quantitative estimate of drug-likeness (QED) is 0.301. The zero-order chi connectivity index (χ0) is 14.3. The highest BCUT2D eigenvalue weighted by molar-refractivity contribution is 5.97. The summed E-state index contributed by atoms with van der Waals surface area (Å²) >= 11 is 0. The Balaban J connectivity index is 2.64. The van der Waals surface area contributed by atoms with Crippen molar-refractivity contribution < 1.29 is 14.3 Å². The first-order valence-electron chi connectivity index (χ1n) is 6.05. The molecule has 106 valence electrons.